The first kappa shape index (κ1) is 17.8. The smallest absolute Gasteiger partial charge is 0.327 e. The number of rotatable bonds is 4. The van der Waals surface area contributed by atoms with Crippen molar-refractivity contribution in [3.63, 3.8) is 0 Å². The van der Waals surface area contributed by atoms with Crippen molar-refractivity contribution in [3.8, 4) is 5.75 Å². The predicted molar refractivity (Wildman–Crippen MR) is 99.2 cm³/mol. The molecule has 27 heavy (non-hydrogen) atoms. The van der Waals surface area contributed by atoms with Gasteiger partial charge in [-0.25, -0.2) is 4.79 Å². The Balaban J connectivity index is 1.59. The van der Waals surface area contributed by atoms with Crippen LogP contribution < -0.4 is 0 Å². The highest BCUT2D eigenvalue weighted by atomic mass is 16.3. The molecule has 4 aliphatic rings. The van der Waals surface area contributed by atoms with Gasteiger partial charge < -0.3 is 10.0 Å². The molecule has 5 rings (SSSR count). The van der Waals surface area contributed by atoms with Gasteiger partial charge in [0.2, 0.25) is 0 Å². The molecule has 3 aliphatic carbocycles. The maximum Gasteiger partial charge on any atom is 0.327 e. The van der Waals surface area contributed by atoms with Crippen LogP contribution >= 0.6 is 0 Å². The molecule has 3 amide bonds. The molecule has 1 saturated carbocycles. The SMILES string of the molecule is CN1C(=O)N(CC(=O)c2cccc(O)c2)C(=O)C1(C)C1C[C@H]2C=C[C@@H]1CC2. The highest BCUT2D eigenvalue weighted by Crippen LogP contribution is 2.49. The largest absolute Gasteiger partial charge is 0.508 e. The first-order chi connectivity index (χ1) is 12.8. The Kier molecular flexibility index (Phi) is 4.09. The van der Waals surface area contributed by atoms with Gasteiger partial charge in [-0.3, -0.25) is 14.5 Å². The Labute approximate surface area is 158 Å². The van der Waals surface area contributed by atoms with Gasteiger partial charge in [-0.1, -0.05) is 24.3 Å². The number of likely N-dealkylation sites (N-methyl/N-ethyl adjacent to an activating group) is 1. The number of carbonyl (C=O) groups excluding carboxylic acids is 3. The third-order valence-corrected chi connectivity index (χ3v) is 6.66. The molecule has 6 nitrogen and oxygen atoms in total. The predicted octanol–water partition coefficient (Wildman–Crippen LogP) is 2.83. The molecule has 2 fully saturated rings. The molecule has 1 aromatic carbocycles. The molecule has 1 aliphatic heterocycles. The van der Waals surface area contributed by atoms with Gasteiger partial charge in [0, 0.05) is 12.6 Å². The number of carbonyl (C=O) groups is 3. The summed E-state index contributed by atoms with van der Waals surface area (Å²) in [6.07, 6.45) is 7.51. The summed E-state index contributed by atoms with van der Waals surface area (Å²) in [7, 11) is 1.66. The lowest BCUT2D eigenvalue weighted by molar-refractivity contribution is -0.136. The zero-order valence-corrected chi connectivity index (χ0v) is 15.6. The number of hydrogen-bond acceptors (Lipinski definition) is 4. The first-order valence-corrected chi connectivity index (χ1v) is 9.42. The van der Waals surface area contributed by atoms with Gasteiger partial charge in [0.15, 0.2) is 5.78 Å². The lowest BCUT2D eigenvalue weighted by Gasteiger charge is -2.47. The number of nitrogens with zero attached hydrogens (tertiary/aromatic N) is 2. The van der Waals surface area contributed by atoms with Crippen molar-refractivity contribution in [3.05, 3.63) is 42.0 Å². The summed E-state index contributed by atoms with van der Waals surface area (Å²) in [6, 6.07) is 5.53. The molecule has 4 atom stereocenters. The zero-order valence-electron chi connectivity index (χ0n) is 15.6. The Hall–Kier alpha value is -2.63. The average molecular weight is 368 g/mol. The summed E-state index contributed by atoms with van der Waals surface area (Å²) in [6.45, 7) is 1.53. The molecule has 1 saturated heterocycles. The van der Waals surface area contributed by atoms with Crippen LogP contribution in [0.25, 0.3) is 0 Å². The van der Waals surface area contributed by atoms with Gasteiger partial charge in [-0.05, 0) is 56.1 Å². The van der Waals surface area contributed by atoms with Crippen molar-refractivity contribution >= 4 is 17.7 Å². The monoisotopic (exact) mass is 368 g/mol. The van der Waals surface area contributed by atoms with E-state index in [1.165, 1.54) is 17.0 Å². The number of amides is 3. The first-order valence-electron chi connectivity index (χ1n) is 9.42. The molecule has 0 radical (unpaired) electrons. The average Bonchev–Trinajstić information content (AvgIpc) is 2.85. The molecule has 1 aromatic rings. The van der Waals surface area contributed by atoms with E-state index in [2.05, 4.69) is 12.2 Å². The van der Waals surface area contributed by atoms with Crippen LogP contribution in [0.1, 0.15) is 36.5 Å². The summed E-state index contributed by atoms with van der Waals surface area (Å²) in [4.78, 5) is 41.3. The minimum atomic E-state index is -0.926. The van der Waals surface area contributed by atoms with Gasteiger partial charge in [0.1, 0.15) is 11.3 Å². The van der Waals surface area contributed by atoms with Crippen LogP contribution in [0.3, 0.4) is 0 Å². The van der Waals surface area contributed by atoms with E-state index < -0.39 is 11.6 Å². The Morgan fingerprint density at radius 2 is 2.04 bits per heavy atom. The molecular formula is C21H24N2O4. The molecule has 1 heterocycles. The highest BCUT2D eigenvalue weighted by molar-refractivity contribution is 6.11. The van der Waals surface area contributed by atoms with Crippen LogP contribution in [0.5, 0.6) is 5.75 Å². The number of urea groups is 1. The van der Waals surface area contributed by atoms with Crippen LogP contribution in [-0.2, 0) is 4.79 Å². The Morgan fingerprint density at radius 3 is 2.63 bits per heavy atom. The van der Waals surface area contributed by atoms with E-state index in [1.807, 2.05) is 6.92 Å². The minimum absolute atomic E-state index is 0.0214. The van der Waals surface area contributed by atoms with Gasteiger partial charge >= 0.3 is 6.03 Å². The van der Waals surface area contributed by atoms with Gasteiger partial charge in [0.05, 0.1) is 6.54 Å². The number of ketones is 1. The fourth-order valence-corrected chi connectivity index (χ4v) is 4.92. The second kappa shape index (κ2) is 6.22. The molecular weight excluding hydrogens is 344 g/mol. The van der Waals surface area contributed by atoms with E-state index in [0.717, 1.165) is 24.2 Å². The molecule has 1 N–H and O–H groups in total. The fourth-order valence-electron chi connectivity index (χ4n) is 4.92. The highest BCUT2D eigenvalue weighted by Gasteiger charge is 2.59. The normalized spacial score (nSPS) is 32.4. The zero-order chi connectivity index (χ0) is 19.3. The van der Waals surface area contributed by atoms with E-state index in [9.17, 15) is 19.5 Å². The summed E-state index contributed by atoms with van der Waals surface area (Å²) < 4.78 is 0. The third kappa shape index (κ3) is 2.66. The number of allylic oxidation sites excluding steroid dienone is 2. The van der Waals surface area contributed by atoms with Crippen molar-refractivity contribution in [1.82, 2.24) is 9.80 Å². The molecule has 0 aromatic heterocycles. The number of fused-ring (bicyclic) bond motifs is 2. The topological polar surface area (TPSA) is 77.9 Å². The van der Waals surface area contributed by atoms with Crippen molar-refractivity contribution in [2.75, 3.05) is 13.6 Å². The maximum absolute atomic E-state index is 13.3. The van der Waals surface area contributed by atoms with Crippen LogP contribution in [0.2, 0.25) is 0 Å². The van der Waals surface area contributed by atoms with Crippen LogP contribution in [0.15, 0.2) is 36.4 Å². The Morgan fingerprint density at radius 1 is 1.26 bits per heavy atom. The Bertz CT molecular complexity index is 848. The summed E-state index contributed by atoms with van der Waals surface area (Å²) in [5.41, 5.74) is -0.642. The van der Waals surface area contributed by atoms with E-state index >= 15 is 0 Å². The van der Waals surface area contributed by atoms with Crippen molar-refractivity contribution < 1.29 is 19.5 Å². The lowest BCUT2D eigenvalue weighted by atomic mass is 9.62. The van der Waals surface area contributed by atoms with Crippen molar-refractivity contribution in [2.24, 2.45) is 17.8 Å². The number of phenols is 1. The lowest BCUT2D eigenvalue weighted by Crippen LogP contribution is -2.55. The number of phenolic OH excluding ortho intramolecular Hbond substituents is 1. The van der Waals surface area contributed by atoms with Gasteiger partial charge in [-0.2, -0.15) is 0 Å². The summed E-state index contributed by atoms with van der Waals surface area (Å²) in [5.74, 6) is 0.150. The van der Waals surface area contributed by atoms with E-state index in [-0.39, 0.29) is 35.5 Å². The third-order valence-electron chi connectivity index (χ3n) is 6.66. The molecule has 142 valence electrons. The fraction of sp³-hybridized carbons (Fsp3) is 0.476. The number of benzene rings is 1. The standard InChI is InChI=1S/C21H24N2O4/c1-21(17-10-13-6-8-14(17)9-7-13)19(26)23(20(27)22(21)2)12-18(25)15-4-3-5-16(24)11-15/h3-6,8,11,13-14,17,24H,7,9-10,12H2,1-2H3/t13-,14+,17?,21?/m0/s1. The van der Waals surface area contributed by atoms with E-state index in [1.54, 1.807) is 19.2 Å². The van der Waals surface area contributed by atoms with Crippen molar-refractivity contribution in [1.29, 1.82) is 0 Å². The van der Waals surface area contributed by atoms with Crippen LogP contribution in [-0.4, -0.2) is 51.8 Å². The maximum atomic E-state index is 13.3. The van der Waals surface area contributed by atoms with Crippen LogP contribution in [0.4, 0.5) is 4.79 Å². The van der Waals surface area contributed by atoms with E-state index in [4.69, 9.17) is 0 Å². The number of hydrogen-bond donors (Lipinski definition) is 1. The van der Waals surface area contributed by atoms with Gasteiger partial charge in [0.25, 0.3) is 5.91 Å². The molecule has 0 spiro atoms. The summed E-state index contributed by atoms with van der Waals surface area (Å²) >= 11 is 0. The molecule has 6 heteroatoms. The quantitative estimate of drug-likeness (QED) is 0.504. The molecule has 2 unspecified atom stereocenters. The van der Waals surface area contributed by atoms with E-state index in [0.29, 0.717) is 11.8 Å². The van der Waals surface area contributed by atoms with Gasteiger partial charge in [-0.15, -0.1) is 0 Å². The summed E-state index contributed by atoms with van der Waals surface area (Å²) in [5, 5.41) is 9.57. The second-order valence-electron chi connectivity index (χ2n) is 8.08. The minimum Gasteiger partial charge on any atom is -0.508 e. The van der Waals surface area contributed by atoms with Crippen molar-refractivity contribution in [2.45, 2.75) is 31.7 Å². The molecule has 2 bridgehead atoms. The number of Topliss-reactive ketones (excluding diaryl/α,β-unsaturated/α-hetero) is 1. The second-order valence-corrected chi connectivity index (χ2v) is 8.08. The number of imide groups is 1. The van der Waals surface area contributed by atoms with Crippen LogP contribution in [0, 0.1) is 17.8 Å². The number of aromatic hydroxyl groups is 1.